The lowest BCUT2D eigenvalue weighted by Crippen LogP contribution is -2.36. The van der Waals surface area contributed by atoms with Crippen molar-refractivity contribution in [2.45, 2.75) is 6.92 Å². The van der Waals surface area contributed by atoms with E-state index in [1.54, 1.807) is 31.2 Å². The van der Waals surface area contributed by atoms with Gasteiger partial charge in [-0.3, -0.25) is 19.3 Å². The molecule has 3 rings (SSSR count). The van der Waals surface area contributed by atoms with Crippen LogP contribution in [-0.4, -0.2) is 47.9 Å². The lowest BCUT2D eigenvalue weighted by Gasteiger charge is -2.11. The van der Waals surface area contributed by atoms with Crippen molar-refractivity contribution in [3.05, 3.63) is 40.5 Å². The van der Waals surface area contributed by atoms with E-state index in [9.17, 15) is 14.4 Å². The fourth-order valence-corrected chi connectivity index (χ4v) is 3.32. The van der Waals surface area contributed by atoms with Crippen LogP contribution in [0, 0.1) is 6.92 Å². The van der Waals surface area contributed by atoms with E-state index in [-0.39, 0.29) is 10.7 Å². The number of aryl methyl sites for hydroxylation is 1. The predicted octanol–water partition coefficient (Wildman–Crippen LogP) is 2.68. The van der Waals surface area contributed by atoms with Crippen molar-refractivity contribution in [2.75, 3.05) is 26.1 Å². The van der Waals surface area contributed by atoms with Crippen molar-refractivity contribution in [1.82, 2.24) is 10.1 Å². The summed E-state index contributed by atoms with van der Waals surface area (Å²) in [4.78, 5) is 37.9. The van der Waals surface area contributed by atoms with Crippen molar-refractivity contribution in [2.24, 2.45) is 0 Å². The van der Waals surface area contributed by atoms with Crippen LogP contribution < -0.4 is 14.8 Å². The molecular weight excluding hydrogens is 386 g/mol. The van der Waals surface area contributed by atoms with Crippen LogP contribution in [0.3, 0.4) is 0 Å². The average Bonchev–Trinajstić information content (AvgIpc) is 3.19. The van der Waals surface area contributed by atoms with E-state index in [0.29, 0.717) is 22.8 Å². The molecule has 146 valence electrons. The molecule has 1 aliphatic heterocycles. The summed E-state index contributed by atoms with van der Waals surface area (Å²) in [7, 11) is 3.03. The fraction of sp³-hybridized carbons (Fsp3) is 0.222. The van der Waals surface area contributed by atoms with Crippen LogP contribution in [0.5, 0.6) is 11.5 Å². The van der Waals surface area contributed by atoms with Crippen LogP contribution in [-0.2, 0) is 9.59 Å². The average molecular weight is 403 g/mol. The smallest absolute Gasteiger partial charge is 0.294 e. The molecule has 28 heavy (non-hydrogen) atoms. The maximum atomic E-state index is 12.5. The molecule has 1 saturated heterocycles. The van der Waals surface area contributed by atoms with Crippen LogP contribution in [0.15, 0.2) is 33.7 Å². The number of methoxy groups -OCH3 is 2. The van der Waals surface area contributed by atoms with Gasteiger partial charge in [0.15, 0.2) is 17.3 Å². The number of benzene rings is 1. The Morgan fingerprint density at radius 1 is 1.25 bits per heavy atom. The second kappa shape index (κ2) is 8.17. The largest absolute Gasteiger partial charge is 0.493 e. The Labute approximate surface area is 164 Å². The Morgan fingerprint density at radius 3 is 2.64 bits per heavy atom. The lowest BCUT2D eigenvalue weighted by molar-refractivity contribution is -0.127. The number of imide groups is 1. The number of thioether (sulfide) groups is 1. The van der Waals surface area contributed by atoms with E-state index in [2.05, 4.69) is 10.5 Å². The lowest BCUT2D eigenvalue weighted by atomic mass is 10.2. The Balaban J connectivity index is 1.72. The summed E-state index contributed by atoms with van der Waals surface area (Å²) in [6, 6.07) is 6.65. The SMILES string of the molecule is COc1ccc(/C=C2\SC(=O)N(CC(=O)Nc3cc(C)on3)C2=O)cc1OC. The summed E-state index contributed by atoms with van der Waals surface area (Å²) in [5.74, 6) is 0.694. The number of rotatable bonds is 6. The Hall–Kier alpha value is -3.27. The first-order chi connectivity index (χ1) is 13.4. The summed E-state index contributed by atoms with van der Waals surface area (Å²) in [5.41, 5.74) is 0.658. The second-order valence-corrected chi connectivity index (χ2v) is 6.75. The number of hydrogen-bond acceptors (Lipinski definition) is 8. The van der Waals surface area contributed by atoms with E-state index >= 15 is 0 Å². The number of aromatic nitrogens is 1. The van der Waals surface area contributed by atoms with E-state index in [1.165, 1.54) is 20.3 Å². The van der Waals surface area contributed by atoms with E-state index in [4.69, 9.17) is 14.0 Å². The number of amides is 3. The molecular formula is C18H17N3O6S. The maximum Gasteiger partial charge on any atom is 0.294 e. The molecule has 2 aromatic rings. The predicted molar refractivity (Wildman–Crippen MR) is 102 cm³/mol. The molecule has 1 aliphatic rings. The van der Waals surface area contributed by atoms with Crippen LogP contribution >= 0.6 is 11.8 Å². The third-order valence-electron chi connectivity index (χ3n) is 3.78. The summed E-state index contributed by atoms with van der Waals surface area (Å²) < 4.78 is 15.3. The number of carbonyl (C=O) groups is 3. The Morgan fingerprint density at radius 2 is 2.00 bits per heavy atom. The minimum Gasteiger partial charge on any atom is -0.493 e. The highest BCUT2D eigenvalue weighted by molar-refractivity contribution is 8.18. The number of nitrogens with zero attached hydrogens (tertiary/aromatic N) is 2. The Kier molecular flexibility index (Phi) is 5.69. The van der Waals surface area contributed by atoms with Gasteiger partial charge in [-0.2, -0.15) is 0 Å². The topological polar surface area (TPSA) is 111 Å². The van der Waals surface area contributed by atoms with Gasteiger partial charge in [0.2, 0.25) is 5.91 Å². The van der Waals surface area contributed by atoms with Crippen molar-refractivity contribution >= 4 is 40.7 Å². The number of nitrogens with one attached hydrogen (secondary N) is 1. The molecule has 1 aromatic heterocycles. The molecule has 0 bridgehead atoms. The van der Waals surface area contributed by atoms with E-state index < -0.39 is 23.6 Å². The highest BCUT2D eigenvalue weighted by Crippen LogP contribution is 2.34. The van der Waals surface area contributed by atoms with Gasteiger partial charge in [-0.1, -0.05) is 11.2 Å². The van der Waals surface area contributed by atoms with Crippen molar-refractivity contribution < 1.29 is 28.4 Å². The van der Waals surface area contributed by atoms with Gasteiger partial charge in [0.1, 0.15) is 12.3 Å². The van der Waals surface area contributed by atoms with Gasteiger partial charge in [-0.05, 0) is 42.5 Å². The first-order valence-electron chi connectivity index (χ1n) is 8.12. The first kappa shape index (κ1) is 19.5. The molecule has 3 amide bonds. The zero-order chi connectivity index (χ0) is 20.3. The molecule has 0 unspecified atom stereocenters. The molecule has 1 N–H and O–H groups in total. The standard InChI is InChI=1S/C18H17N3O6S/c1-10-6-15(20-27-10)19-16(22)9-21-17(23)14(28-18(21)24)8-11-4-5-12(25-2)13(7-11)26-3/h4-8H,9H2,1-3H3,(H,19,20,22)/b14-8-. The monoisotopic (exact) mass is 403 g/mol. The van der Waals surface area contributed by atoms with Gasteiger partial charge in [-0.25, -0.2) is 0 Å². The molecule has 1 aromatic carbocycles. The normalized spacial score (nSPS) is 15.2. The molecule has 0 aliphatic carbocycles. The van der Waals surface area contributed by atoms with Crippen LogP contribution in [0.4, 0.5) is 10.6 Å². The van der Waals surface area contributed by atoms with Crippen molar-refractivity contribution in [3.63, 3.8) is 0 Å². The summed E-state index contributed by atoms with van der Waals surface area (Å²) >= 11 is 0.765. The van der Waals surface area contributed by atoms with Gasteiger partial charge in [0.05, 0.1) is 19.1 Å². The zero-order valence-electron chi connectivity index (χ0n) is 15.3. The first-order valence-corrected chi connectivity index (χ1v) is 8.93. The molecule has 2 heterocycles. The van der Waals surface area contributed by atoms with Crippen LogP contribution in [0.25, 0.3) is 6.08 Å². The molecule has 0 spiro atoms. The number of carbonyl (C=O) groups excluding carboxylic acids is 3. The molecule has 0 saturated carbocycles. The molecule has 10 heteroatoms. The molecule has 1 fully saturated rings. The third-order valence-corrected chi connectivity index (χ3v) is 4.68. The number of hydrogen-bond donors (Lipinski definition) is 1. The maximum absolute atomic E-state index is 12.5. The highest BCUT2D eigenvalue weighted by Gasteiger charge is 2.36. The van der Waals surface area contributed by atoms with Crippen molar-refractivity contribution in [1.29, 1.82) is 0 Å². The zero-order valence-corrected chi connectivity index (χ0v) is 16.2. The van der Waals surface area contributed by atoms with Gasteiger partial charge in [0.25, 0.3) is 11.1 Å². The minimum absolute atomic E-state index is 0.210. The molecule has 0 radical (unpaired) electrons. The minimum atomic E-state index is -0.553. The summed E-state index contributed by atoms with van der Waals surface area (Å²) in [6.07, 6.45) is 1.56. The molecule has 0 atom stereocenters. The van der Waals surface area contributed by atoms with E-state index in [1.807, 2.05) is 0 Å². The second-order valence-electron chi connectivity index (χ2n) is 5.75. The molecule has 9 nitrogen and oxygen atoms in total. The van der Waals surface area contributed by atoms with Gasteiger partial charge in [0, 0.05) is 6.07 Å². The number of anilines is 1. The van der Waals surface area contributed by atoms with Crippen LogP contribution in [0.1, 0.15) is 11.3 Å². The van der Waals surface area contributed by atoms with Crippen molar-refractivity contribution in [3.8, 4) is 11.5 Å². The third kappa shape index (κ3) is 4.17. The van der Waals surface area contributed by atoms with Gasteiger partial charge >= 0.3 is 0 Å². The quantitative estimate of drug-likeness (QED) is 0.733. The number of ether oxygens (including phenoxy) is 2. The van der Waals surface area contributed by atoms with E-state index in [0.717, 1.165) is 16.7 Å². The summed E-state index contributed by atoms with van der Waals surface area (Å²) in [5, 5.41) is 5.58. The van der Waals surface area contributed by atoms with Crippen LogP contribution in [0.2, 0.25) is 0 Å². The summed E-state index contributed by atoms with van der Waals surface area (Å²) in [6.45, 7) is 1.26. The fourth-order valence-electron chi connectivity index (χ4n) is 2.48. The highest BCUT2D eigenvalue weighted by atomic mass is 32.2. The van der Waals surface area contributed by atoms with Gasteiger partial charge in [-0.15, -0.1) is 0 Å². The van der Waals surface area contributed by atoms with Gasteiger partial charge < -0.3 is 19.3 Å². The Bertz CT molecular complexity index is 968.